The molecule has 34 heavy (non-hydrogen) atoms. The van der Waals surface area contributed by atoms with E-state index in [4.69, 9.17) is 40.2 Å². The number of thiocarbonyl (C=S) groups is 1. The molecule has 0 radical (unpaired) electrons. The number of benzene rings is 2. The minimum Gasteiger partial charge on any atom is -0.378 e. The molecule has 0 atom stereocenters. The number of piperazine rings is 1. The third-order valence-electron chi connectivity index (χ3n) is 5.84. The Morgan fingerprint density at radius 2 is 1.68 bits per heavy atom. The van der Waals surface area contributed by atoms with Gasteiger partial charge in [0.15, 0.2) is 5.11 Å². The van der Waals surface area contributed by atoms with Gasteiger partial charge in [-0.15, -0.1) is 0 Å². The zero-order chi connectivity index (χ0) is 24.2. The molecule has 9 nitrogen and oxygen atoms in total. The van der Waals surface area contributed by atoms with Gasteiger partial charge in [-0.1, -0.05) is 23.2 Å². The van der Waals surface area contributed by atoms with Gasteiger partial charge >= 0.3 is 0 Å². The van der Waals surface area contributed by atoms with Crippen molar-refractivity contribution >= 4 is 63.5 Å². The van der Waals surface area contributed by atoms with Gasteiger partial charge < -0.3 is 19.4 Å². The number of nitrogens with one attached hydrogen (secondary N) is 1. The Kier molecular flexibility index (Phi) is 7.72. The lowest BCUT2D eigenvalue weighted by Gasteiger charge is -2.37. The van der Waals surface area contributed by atoms with Crippen molar-refractivity contribution in [3.63, 3.8) is 0 Å². The molecule has 0 unspecified atom stereocenters. The monoisotopic (exact) mass is 523 g/mol. The Hall–Kier alpha value is -2.66. The van der Waals surface area contributed by atoms with E-state index in [9.17, 15) is 14.9 Å². The second kappa shape index (κ2) is 10.7. The van der Waals surface area contributed by atoms with Crippen LogP contribution < -0.4 is 15.1 Å². The van der Waals surface area contributed by atoms with E-state index in [1.54, 1.807) is 24.3 Å². The van der Waals surface area contributed by atoms with Gasteiger partial charge in [0.2, 0.25) is 0 Å². The fraction of sp³-hybridized carbons (Fsp3) is 0.364. The van der Waals surface area contributed by atoms with Crippen LogP contribution in [0.5, 0.6) is 0 Å². The molecule has 1 amide bonds. The maximum Gasteiger partial charge on any atom is 0.292 e. The van der Waals surface area contributed by atoms with Crippen LogP contribution in [0.15, 0.2) is 36.4 Å². The molecule has 0 aromatic heterocycles. The number of hydrogen-bond acceptors (Lipinski definition) is 7. The van der Waals surface area contributed by atoms with Crippen LogP contribution >= 0.6 is 35.4 Å². The fourth-order valence-electron chi connectivity index (χ4n) is 3.97. The molecule has 180 valence electrons. The lowest BCUT2D eigenvalue weighted by Crippen LogP contribution is -2.52. The molecule has 0 spiro atoms. The number of amides is 1. The number of nitrogens with zero attached hydrogens (tertiary/aromatic N) is 4. The average molecular weight is 524 g/mol. The number of nitro groups is 1. The molecular weight excluding hydrogens is 501 g/mol. The van der Waals surface area contributed by atoms with E-state index >= 15 is 0 Å². The second-order valence-electron chi connectivity index (χ2n) is 7.89. The average Bonchev–Trinajstić information content (AvgIpc) is 2.85. The summed E-state index contributed by atoms with van der Waals surface area (Å²) >= 11 is 17.3. The summed E-state index contributed by atoms with van der Waals surface area (Å²) in [5, 5.41) is 15.3. The van der Waals surface area contributed by atoms with Gasteiger partial charge in [0.05, 0.1) is 28.2 Å². The molecule has 4 rings (SSSR count). The fourth-order valence-corrected chi connectivity index (χ4v) is 4.55. The highest BCUT2D eigenvalue weighted by molar-refractivity contribution is 7.80. The van der Waals surface area contributed by atoms with Crippen LogP contribution in [0.4, 0.5) is 17.1 Å². The number of rotatable bonds is 4. The first kappa shape index (κ1) is 24.5. The summed E-state index contributed by atoms with van der Waals surface area (Å²) in [6.07, 6.45) is 0. The third-order valence-corrected chi connectivity index (χ3v) is 6.94. The molecule has 2 aliphatic rings. The maximum absolute atomic E-state index is 12.5. The lowest BCUT2D eigenvalue weighted by molar-refractivity contribution is -0.384. The van der Waals surface area contributed by atoms with Crippen LogP contribution in [0, 0.1) is 10.1 Å². The summed E-state index contributed by atoms with van der Waals surface area (Å²) in [5.41, 5.74) is 1.99. The number of halogens is 2. The highest BCUT2D eigenvalue weighted by atomic mass is 35.5. The van der Waals surface area contributed by atoms with E-state index in [1.807, 2.05) is 15.9 Å². The summed E-state index contributed by atoms with van der Waals surface area (Å²) in [7, 11) is 0. The molecule has 2 aromatic carbocycles. The van der Waals surface area contributed by atoms with Gasteiger partial charge in [0, 0.05) is 56.6 Å². The van der Waals surface area contributed by atoms with E-state index < -0.39 is 0 Å². The summed E-state index contributed by atoms with van der Waals surface area (Å²) in [6, 6.07) is 9.88. The quantitative estimate of drug-likeness (QED) is 0.369. The van der Waals surface area contributed by atoms with Crippen LogP contribution in [0.25, 0.3) is 0 Å². The lowest BCUT2D eigenvalue weighted by atomic mass is 10.1. The van der Waals surface area contributed by atoms with Gasteiger partial charge in [-0.25, -0.2) is 0 Å². The van der Waals surface area contributed by atoms with E-state index in [0.29, 0.717) is 78.9 Å². The molecule has 2 saturated heterocycles. The largest absolute Gasteiger partial charge is 0.378 e. The van der Waals surface area contributed by atoms with Gasteiger partial charge in [0.1, 0.15) is 5.69 Å². The van der Waals surface area contributed by atoms with Crippen molar-refractivity contribution < 1.29 is 14.5 Å². The molecule has 0 bridgehead atoms. The van der Waals surface area contributed by atoms with Crippen LogP contribution in [0.2, 0.25) is 10.0 Å². The Morgan fingerprint density at radius 3 is 2.32 bits per heavy atom. The van der Waals surface area contributed by atoms with E-state index in [2.05, 4.69) is 10.2 Å². The summed E-state index contributed by atoms with van der Waals surface area (Å²) < 4.78 is 5.39. The standard InChI is InChI=1S/C22H23Cl2N5O4S/c23-17-3-1-15(13-18(17)24)21(30)25-22(34)28-7-5-26(6-8-28)16-2-4-19(29(31)32)20(14-16)27-9-11-33-12-10-27/h1-4,13-14H,5-12H2,(H,25,30,34). The normalized spacial score (nSPS) is 16.4. The van der Waals surface area contributed by atoms with Crippen molar-refractivity contribution in [3.8, 4) is 0 Å². The number of carbonyl (C=O) groups is 1. The summed E-state index contributed by atoms with van der Waals surface area (Å²) in [6.45, 7) is 4.84. The minimum atomic E-state index is -0.350. The molecule has 0 saturated carbocycles. The predicted octanol–water partition coefficient (Wildman–Crippen LogP) is 3.58. The van der Waals surface area contributed by atoms with E-state index in [0.717, 1.165) is 5.69 Å². The summed E-state index contributed by atoms with van der Waals surface area (Å²) in [4.78, 5) is 29.8. The highest BCUT2D eigenvalue weighted by Gasteiger charge is 2.25. The van der Waals surface area contributed by atoms with Gasteiger partial charge in [-0.05, 0) is 42.5 Å². The first-order valence-corrected chi connectivity index (χ1v) is 11.9. The topological polar surface area (TPSA) is 91.2 Å². The predicted molar refractivity (Wildman–Crippen MR) is 136 cm³/mol. The molecular formula is C22H23Cl2N5O4S. The number of morpholine rings is 1. The SMILES string of the molecule is O=C(NC(=S)N1CCN(c2ccc([N+](=O)[O-])c(N3CCOCC3)c2)CC1)c1ccc(Cl)c(Cl)c1. The van der Waals surface area contributed by atoms with Crippen LogP contribution in [-0.4, -0.2) is 73.3 Å². The van der Waals surface area contributed by atoms with Crippen LogP contribution in [-0.2, 0) is 4.74 Å². The molecule has 2 aromatic rings. The summed E-state index contributed by atoms with van der Waals surface area (Å²) in [5.74, 6) is -0.350. The van der Waals surface area contributed by atoms with Crippen molar-refractivity contribution in [2.75, 3.05) is 62.3 Å². The first-order chi connectivity index (χ1) is 16.3. The first-order valence-electron chi connectivity index (χ1n) is 10.7. The van der Waals surface area contributed by atoms with Gasteiger partial charge in [-0.2, -0.15) is 0 Å². The number of carbonyl (C=O) groups excluding carboxylic acids is 1. The Morgan fingerprint density at radius 1 is 0.971 bits per heavy atom. The van der Waals surface area contributed by atoms with Crippen LogP contribution in [0.1, 0.15) is 10.4 Å². The van der Waals surface area contributed by atoms with Crippen molar-refractivity contribution in [2.45, 2.75) is 0 Å². The second-order valence-corrected chi connectivity index (χ2v) is 9.09. The van der Waals surface area contributed by atoms with E-state index in [1.165, 1.54) is 6.07 Å². The molecule has 0 aliphatic carbocycles. The zero-order valence-electron chi connectivity index (χ0n) is 18.2. The van der Waals surface area contributed by atoms with Crippen molar-refractivity contribution in [1.29, 1.82) is 0 Å². The molecule has 12 heteroatoms. The maximum atomic E-state index is 12.5. The van der Waals surface area contributed by atoms with Crippen molar-refractivity contribution in [1.82, 2.24) is 10.2 Å². The molecule has 2 fully saturated rings. The number of ether oxygens (including phenoxy) is 1. The van der Waals surface area contributed by atoms with Crippen LogP contribution in [0.3, 0.4) is 0 Å². The number of anilines is 2. The zero-order valence-corrected chi connectivity index (χ0v) is 20.5. The molecule has 2 heterocycles. The van der Waals surface area contributed by atoms with E-state index in [-0.39, 0.29) is 16.5 Å². The van der Waals surface area contributed by atoms with Gasteiger partial charge in [-0.3, -0.25) is 20.2 Å². The Labute approximate surface area is 212 Å². The van der Waals surface area contributed by atoms with Gasteiger partial charge in [0.25, 0.3) is 11.6 Å². The van der Waals surface area contributed by atoms with Crippen molar-refractivity contribution in [2.24, 2.45) is 0 Å². The third kappa shape index (κ3) is 5.52. The molecule has 2 aliphatic heterocycles. The molecule has 1 N–H and O–H groups in total. The number of nitro benzene ring substituents is 1. The Bertz CT molecular complexity index is 1100. The minimum absolute atomic E-state index is 0.0930. The number of hydrogen-bond donors (Lipinski definition) is 1. The van der Waals surface area contributed by atoms with Crippen molar-refractivity contribution in [3.05, 3.63) is 62.1 Å². The highest BCUT2D eigenvalue weighted by Crippen LogP contribution is 2.33. The Balaban J connectivity index is 1.39. The smallest absolute Gasteiger partial charge is 0.292 e.